The molecule has 1 aliphatic heterocycles. The second kappa shape index (κ2) is 8.83. The third kappa shape index (κ3) is 5.45. The number of carbonyl (C=O) groups excluding carboxylic acids is 1. The van der Waals surface area contributed by atoms with Gasteiger partial charge in [-0.15, -0.1) is 0 Å². The molecule has 2 aromatic rings. The first-order valence-corrected chi connectivity index (χ1v) is 10.4. The Hall–Kier alpha value is -3.29. The predicted octanol–water partition coefficient (Wildman–Crippen LogP) is 4.98. The molecule has 0 bridgehead atoms. The van der Waals surface area contributed by atoms with Crippen LogP contribution >= 0.6 is 0 Å². The summed E-state index contributed by atoms with van der Waals surface area (Å²) >= 11 is 0. The molecule has 8 nitrogen and oxygen atoms in total. The second-order valence-electron chi connectivity index (χ2n) is 8.94. The van der Waals surface area contributed by atoms with Crippen molar-refractivity contribution in [1.29, 1.82) is 0 Å². The Kier molecular flexibility index (Phi) is 6.38. The van der Waals surface area contributed by atoms with E-state index >= 15 is 0 Å². The van der Waals surface area contributed by atoms with Crippen LogP contribution in [-0.4, -0.2) is 35.2 Å². The number of amides is 1. The maximum atomic E-state index is 13.1. The first-order valence-electron chi connectivity index (χ1n) is 10.4. The summed E-state index contributed by atoms with van der Waals surface area (Å²) in [5, 5.41) is 10.9. The third-order valence-electron chi connectivity index (χ3n) is 5.37. The fourth-order valence-electron chi connectivity index (χ4n) is 3.94. The van der Waals surface area contributed by atoms with E-state index in [0.29, 0.717) is 5.69 Å². The zero-order valence-corrected chi connectivity index (χ0v) is 18.4. The molecule has 1 heterocycles. The van der Waals surface area contributed by atoms with E-state index in [1.165, 1.54) is 12.1 Å². The number of anilines is 3. The van der Waals surface area contributed by atoms with Crippen molar-refractivity contribution in [3.8, 4) is 0 Å². The van der Waals surface area contributed by atoms with Gasteiger partial charge < -0.3 is 15.4 Å². The summed E-state index contributed by atoms with van der Waals surface area (Å²) in [6.45, 7) is 8.38. The van der Waals surface area contributed by atoms with Crippen molar-refractivity contribution in [2.45, 2.75) is 58.2 Å². The average molecular weight is 427 g/mol. The molecule has 1 fully saturated rings. The third-order valence-corrected chi connectivity index (χ3v) is 5.37. The van der Waals surface area contributed by atoms with Crippen LogP contribution in [0.15, 0.2) is 48.5 Å². The minimum absolute atomic E-state index is 0.0391. The Morgan fingerprint density at radius 3 is 2.29 bits per heavy atom. The molecule has 2 aromatic carbocycles. The zero-order valence-electron chi connectivity index (χ0n) is 18.4. The summed E-state index contributed by atoms with van der Waals surface area (Å²) in [7, 11) is 0. The van der Waals surface area contributed by atoms with Crippen LogP contribution in [0, 0.1) is 10.1 Å². The smallest absolute Gasteiger partial charge is 0.415 e. The van der Waals surface area contributed by atoms with Crippen molar-refractivity contribution < 1.29 is 14.5 Å². The number of ether oxygens (including phenoxy) is 1. The normalized spacial score (nSPS) is 19.0. The van der Waals surface area contributed by atoms with Gasteiger partial charge in [0.15, 0.2) is 0 Å². The maximum Gasteiger partial charge on any atom is 0.415 e. The fraction of sp³-hybridized carbons (Fsp3) is 0.435. The van der Waals surface area contributed by atoms with Gasteiger partial charge in [-0.2, -0.15) is 0 Å². The van der Waals surface area contributed by atoms with Gasteiger partial charge in [0.25, 0.3) is 5.69 Å². The van der Waals surface area contributed by atoms with Crippen LogP contribution in [0.5, 0.6) is 0 Å². The van der Waals surface area contributed by atoms with E-state index in [0.717, 1.165) is 30.8 Å². The van der Waals surface area contributed by atoms with Gasteiger partial charge in [0, 0.05) is 47.8 Å². The van der Waals surface area contributed by atoms with Gasteiger partial charge in [-0.05, 0) is 76.9 Å². The molecule has 0 aliphatic carbocycles. The number of nitrogen functional groups attached to an aromatic ring is 1. The lowest BCUT2D eigenvalue weighted by molar-refractivity contribution is -0.384. The minimum atomic E-state index is -0.603. The Labute approximate surface area is 182 Å². The fourth-order valence-corrected chi connectivity index (χ4v) is 3.94. The Morgan fingerprint density at radius 1 is 1.16 bits per heavy atom. The highest BCUT2D eigenvalue weighted by molar-refractivity contribution is 5.89. The van der Waals surface area contributed by atoms with Gasteiger partial charge in [-0.25, -0.2) is 4.79 Å². The molecular weight excluding hydrogens is 396 g/mol. The Morgan fingerprint density at radius 2 is 1.77 bits per heavy atom. The quantitative estimate of drug-likeness (QED) is 0.420. The Bertz CT molecular complexity index is 922. The van der Waals surface area contributed by atoms with Crippen LogP contribution in [0.1, 0.15) is 40.5 Å². The van der Waals surface area contributed by atoms with Crippen molar-refractivity contribution in [3.05, 3.63) is 58.6 Å². The number of benzene rings is 2. The predicted molar refractivity (Wildman–Crippen MR) is 122 cm³/mol. The zero-order chi connectivity index (χ0) is 22.8. The topological polar surface area (TPSA) is 102 Å². The standard InChI is InChI=1S/C23H30N4O4/c1-16-15-21(13-14-25(16)18-9-11-20(12-10-18)27(29)30)26(22(28)31-23(2,3)4)19-7-5-17(24)6-8-19/h5-12,16,21H,13-15,24H2,1-4H3. The molecule has 0 aromatic heterocycles. The molecule has 8 heteroatoms. The van der Waals surface area contributed by atoms with Gasteiger partial charge in [0.2, 0.25) is 0 Å². The molecule has 0 radical (unpaired) electrons. The van der Waals surface area contributed by atoms with Crippen molar-refractivity contribution >= 4 is 28.8 Å². The summed E-state index contributed by atoms with van der Waals surface area (Å²) in [5.74, 6) is 0. The molecule has 1 saturated heterocycles. The van der Waals surface area contributed by atoms with E-state index in [1.54, 1.807) is 29.2 Å². The second-order valence-corrected chi connectivity index (χ2v) is 8.94. The van der Waals surface area contributed by atoms with Gasteiger partial charge >= 0.3 is 6.09 Å². The average Bonchev–Trinajstić information content (AvgIpc) is 2.68. The van der Waals surface area contributed by atoms with Crippen molar-refractivity contribution in [1.82, 2.24) is 0 Å². The summed E-state index contributed by atoms with van der Waals surface area (Å²) in [4.78, 5) is 27.6. The number of non-ortho nitro benzene ring substituents is 1. The van der Waals surface area contributed by atoms with Crippen LogP contribution in [0.2, 0.25) is 0 Å². The molecule has 2 unspecified atom stereocenters. The number of nitrogens with zero attached hydrogens (tertiary/aromatic N) is 3. The highest BCUT2D eigenvalue weighted by Crippen LogP contribution is 2.32. The molecule has 2 atom stereocenters. The molecule has 0 spiro atoms. The van der Waals surface area contributed by atoms with Crippen molar-refractivity contribution in [2.24, 2.45) is 0 Å². The van der Waals surface area contributed by atoms with Crippen LogP contribution in [-0.2, 0) is 4.74 Å². The molecule has 1 aliphatic rings. The lowest BCUT2D eigenvalue weighted by atomic mass is 9.95. The highest BCUT2D eigenvalue weighted by Gasteiger charge is 2.35. The van der Waals surface area contributed by atoms with Crippen molar-refractivity contribution in [2.75, 3.05) is 22.1 Å². The number of rotatable bonds is 4. The molecule has 31 heavy (non-hydrogen) atoms. The van der Waals surface area contributed by atoms with E-state index in [9.17, 15) is 14.9 Å². The first-order chi connectivity index (χ1) is 14.5. The molecular formula is C23H30N4O4. The van der Waals surface area contributed by atoms with Crippen LogP contribution in [0.25, 0.3) is 0 Å². The van der Waals surface area contributed by atoms with Gasteiger partial charge in [0.05, 0.1) is 4.92 Å². The van der Waals surface area contributed by atoms with Gasteiger partial charge in [-0.1, -0.05) is 0 Å². The molecule has 3 rings (SSSR count). The van der Waals surface area contributed by atoms with Gasteiger partial charge in [-0.3, -0.25) is 15.0 Å². The number of piperidine rings is 1. The van der Waals surface area contributed by atoms with Gasteiger partial charge in [0.1, 0.15) is 5.60 Å². The lowest BCUT2D eigenvalue weighted by Crippen LogP contribution is -2.52. The maximum absolute atomic E-state index is 13.1. The number of hydrogen-bond acceptors (Lipinski definition) is 6. The van der Waals surface area contributed by atoms with Crippen LogP contribution in [0.3, 0.4) is 0 Å². The first kappa shape index (κ1) is 22.4. The summed E-state index contributed by atoms with van der Waals surface area (Å²) in [5.41, 5.74) is 7.63. The summed E-state index contributed by atoms with van der Waals surface area (Å²) in [6.07, 6.45) is 1.10. The number of nitro groups is 1. The van der Waals surface area contributed by atoms with E-state index in [2.05, 4.69) is 11.8 Å². The molecule has 1 amide bonds. The van der Waals surface area contributed by atoms with Crippen molar-refractivity contribution in [3.63, 3.8) is 0 Å². The SMILES string of the molecule is CC1CC(N(C(=O)OC(C)(C)C)c2ccc(N)cc2)CCN1c1ccc([N+](=O)[O-])cc1. The lowest BCUT2D eigenvalue weighted by Gasteiger charge is -2.43. The molecule has 0 saturated carbocycles. The summed E-state index contributed by atoms with van der Waals surface area (Å²) in [6, 6.07) is 13.9. The summed E-state index contributed by atoms with van der Waals surface area (Å²) < 4.78 is 5.70. The minimum Gasteiger partial charge on any atom is -0.443 e. The van der Waals surface area contributed by atoms with E-state index in [-0.39, 0.29) is 23.9 Å². The van der Waals surface area contributed by atoms with Crippen LogP contribution < -0.4 is 15.5 Å². The number of nitrogens with two attached hydrogens (primary N) is 1. The van der Waals surface area contributed by atoms with E-state index in [4.69, 9.17) is 10.5 Å². The monoisotopic (exact) mass is 426 g/mol. The Balaban J connectivity index is 1.80. The molecule has 166 valence electrons. The highest BCUT2D eigenvalue weighted by atomic mass is 16.6. The number of hydrogen-bond donors (Lipinski definition) is 1. The van der Waals surface area contributed by atoms with E-state index < -0.39 is 10.5 Å². The van der Waals surface area contributed by atoms with E-state index in [1.807, 2.05) is 32.9 Å². The molecule has 2 N–H and O–H groups in total. The largest absolute Gasteiger partial charge is 0.443 e. The van der Waals surface area contributed by atoms with Crippen LogP contribution in [0.4, 0.5) is 27.5 Å². The number of nitro benzene ring substituents is 1. The number of carbonyl (C=O) groups is 1.